The van der Waals surface area contributed by atoms with Gasteiger partial charge in [0.2, 0.25) is 0 Å². The molecule has 0 aliphatic heterocycles. The van der Waals surface area contributed by atoms with E-state index in [0.29, 0.717) is 11.3 Å². The number of hydrogen-bond acceptors (Lipinski definition) is 5. The van der Waals surface area contributed by atoms with Crippen molar-refractivity contribution in [2.24, 2.45) is 5.41 Å². The summed E-state index contributed by atoms with van der Waals surface area (Å²) < 4.78 is 36.5. The van der Waals surface area contributed by atoms with Crippen molar-refractivity contribution < 1.29 is 27.8 Å². The zero-order valence-electron chi connectivity index (χ0n) is 14.5. The lowest BCUT2D eigenvalue weighted by molar-refractivity contribution is -0.145. The first-order valence-corrected chi connectivity index (χ1v) is 9.59. The van der Waals surface area contributed by atoms with Crippen LogP contribution in [0.15, 0.2) is 59.5 Å². The predicted octanol–water partition coefficient (Wildman–Crippen LogP) is 2.35. The van der Waals surface area contributed by atoms with Crippen LogP contribution in [-0.2, 0) is 19.4 Å². The maximum atomic E-state index is 13.2. The van der Waals surface area contributed by atoms with Crippen LogP contribution in [0.4, 0.5) is 0 Å². The molecule has 2 aromatic rings. The number of carboxylic acids is 1. The Morgan fingerprint density at radius 1 is 1.08 bits per heavy atom. The maximum absolute atomic E-state index is 13.2. The number of methoxy groups -OCH3 is 2. The second-order valence-corrected chi connectivity index (χ2v) is 8.38. The molecule has 0 amide bonds. The first kappa shape index (κ1) is 18.4. The van der Waals surface area contributed by atoms with Gasteiger partial charge < -0.3 is 14.6 Å². The number of sulfone groups is 1. The average molecular weight is 376 g/mol. The van der Waals surface area contributed by atoms with Crippen molar-refractivity contribution in [3.05, 3.63) is 60.2 Å². The Hall–Kier alpha value is -2.38. The number of ether oxygens (including phenoxy) is 2. The van der Waals surface area contributed by atoms with E-state index in [2.05, 4.69) is 0 Å². The van der Waals surface area contributed by atoms with Crippen molar-refractivity contribution in [1.82, 2.24) is 0 Å². The summed E-state index contributed by atoms with van der Waals surface area (Å²) in [6.07, 6.45) is 0. The molecule has 0 spiro atoms. The van der Waals surface area contributed by atoms with E-state index in [1.54, 1.807) is 42.5 Å². The molecule has 1 N–H and O–H groups in total. The fourth-order valence-corrected chi connectivity index (χ4v) is 6.01. The van der Waals surface area contributed by atoms with Crippen LogP contribution in [0.1, 0.15) is 11.5 Å². The second kappa shape index (κ2) is 6.74. The molecule has 1 fully saturated rings. The van der Waals surface area contributed by atoms with Gasteiger partial charge in [-0.3, -0.25) is 4.79 Å². The molecule has 3 rings (SSSR count). The van der Waals surface area contributed by atoms with Crippen molar-refractivity contribution >= 4 is 15.8 Å². The van der Waals surface area contributed by atoms with Gasteiger partial charge in [0.1, 0.15) is 11.2 Å². The molecule has 3 atom stereocenters. The summed E-state index contributed by atoms with van der Waals surface area (Å²) in [6, 6.07) is 14.7. The van der Waals surface area contributed by atoms with Gasteiger partial charge in [-0.1, -0.05) is 30.3 Å². The quantitative estimate of drug-likeness (QED) is 0.798. The highest BCUT2D eigenvalue weighted by Gasteiger charge is 2.76. The van der Waals surface area contributed by atoms with Crippen LogP contribution >= 0.6 is 0 Å². The third-order valence-electron chi connectivity index (χ3n) is 4.92. The van der Waals surface area contributed by atoms with Gasteiger partial charge in [0.25, 0.3) is 0 Å². The van der Waals surface area contributed by atoms with Crippen LogP contribution in [0.5, 0.6) is 5.75 Å². The number of carboxylic acid groups (broad SMARTS) is 1. The lowest BCUT2D eigenvalue weighted by Crippen LogP contribution is -2.28. The Balaban J connectivity index is 2.09. The van der Waals surface area contributed by atoms with Gasteiger partial charge in [-0.25, -0.2) is 8.42 Å². The summed E-state index contributed by atoms with van der Waals surface area (Å²) in [7, 11) is -0.941. The van der Waals surface area contributed by atoms with Gasteiger partial charge >= 0.3 is 5.97 Å². The first-order valence-electron chi connectivity index (χ1n) is 8.05. The van der Waals surface area contributed by atoms with E-state index in [9.17, 15) is 18.3 Å². The van der Waals surface area contributed by atoms with Gasteiger partial charge in [-0.15, -0.1) is 0 Å². The third-order valence-corrected chi connectivity index (χ3v) is 7.21. The van der Waals surface area contributed by atoms with E-state index < -0.39 is 32.4 Å². The maximum Gasteiger partial charge on any atom is 0.314 e. The molecule has 138 valence electrons. The van der Waals surface area contributed by atoms with Crippen molar-refractivity contribution in [1.29, 1.82) is 0 Å². The van der Waals surface area contributed by atoms with Crippen LogP contribution < -0.4 is 4.74 Å². The minimum absolute atomic E-state index is 0.114. The number of carbonyl (C=O) groups is 1. The highest BCUT2D eigenvalue weighted by Crippen LogP contribution is 2.64. The second-order valence-electron chi connectivity index (χ2n) is 6.31. The molecular weight excluding hydrogens is 356 g/mol. The van der Waals surface area contributed by atoms with Gasteiger partial charge in [0, 0.05) is 13.0 Å². The molecule has 6 nitrogen and oxygen atoms in total. The summed E-state index contributed by atoms with van der Waals surface area (Å²) in [5.41, 5.74) is -0.882. The first-order chi connectivity index (χ1) is 12.4. The monoisotopic (exact) mass is 376 g/mol. The fourth-order valence-electron chi connectivity index (χ4n) is 3.63. The Morgan fingerprint density at radius 3 is 2.19 bits per heavy atom. The molecule has 0 radical (unpaired) electrons. The van der Waals surface area contributed by atoms with Crippen LogP contribution in [-0.4, -0.2) is 45.6 Å². The highest BCUT2D eigenvalue weighted by atomic mass is 32.2. The topological polar surface area (TPSA) is 89.9 Å². The van der Waals surface area contributed by atoms with E-state index in [4.69, 9.17) is 9.47 Å². The molecular formula is C19H20O6S. The Bertz CT molecular complexity index is 891. The molecule has 1 aliphatic rings. The minimum Gasteiger partial charge on any atom is -0.497 e. The van der Waals surface area contributed by atoms with E-state index in [0.717, 1.165) is 0 Å². The number of hydrogen-bond donors (Lipinski definition) is 1. The van der Waals surface area contributed by atoms with Crippen molar-refractivity contribution in [2.75, 3.05) is 20.8 Å². The smallest absolute Gasteiger partial charge is 0.314 e. The van der Waals surface area contributed by atoms with Gasteiger partial charge in [0.05, 0.1) is 23.9 Å². The normalized spacial score (nSPS) is 24.8. The largest absolute Gasteiger partial charge is 0.497 e. The Morgan fingerprint density at radius 2 is 1.69 bits per heavy atom. The molecule has 7 heteroatoms. The summed E-state index contributed by atoms with van der Waals surface area (Å²) >= 11 is 0. The van der Waals surface area contributed by atoms with Crippen LogP contribution in [0.3, 0.4) is 0 Å². The lowest BCUT2D eigenvalue weighted by Gasteiger charge is -2.12. The standard InChI is InChI=1S/C19H20O6S/c1-24-12-19(18(20)21)16(13-8-10-14(25-2)11-9-13)17(19)26(22,23)15-6-4-3-5-7-15/h3-11,16-17H,12H2,1-2H3,(H,20,21)/t16-,17-,19+/m0/s1. The Labute approximate surface area is 152 Å². The fraction of sp³-hybridized carbons (Fsp3) is 0.316. The van der Waals surface area contributed by atoms with Gasteiger partial charge in [0.15, 0.2) is 9.84 Å². The van der Waals surface area contributed by atoms with Gasteiger partial charge in [-0.2, -0.15) is 0 Å². The van der Waals surface area contributed by atoms with E-state index in [1.807, 2.05) is 0 Å². The van der Waals surface area contributed by atoms with Crippen molar-refractivity contribution in [2.45, 2.75) is 16.1 Å². The predicted molar refractivity (Wildman–Crippen MR) is 95.1 cm³/mol. The average Bonchev–Trinajstić information content (AvgIpc) is 3.34. The molecule has 26 heavy (non-hydrogen) atoms. The summed E-state index contributed by atoms with van der Waals surface area (Å²) in [6.45, 7) is -0.185. The zero-order chi connectivity index (χ0) is 18.9. The molecule has 2 aromatic carbocycles. The Kier molecular flexibility index (Phi) is 4.77. The number of aliphatic carboxylic acids is 1. The molecule has 0 saturated heterocycles. The van der Waals surface area contributed by atoms with Crippen LogP contribution in [0.2, 0.25) is 0 Å². The third kappa shape index (κ3) is 2.77. The zero-order valence-corrected chi connectivity index (χ0v) is 15.3. The number of benzene rings is 2. The van der Waals surface area contributed by atoms with Gasteiger partial charge in [-0.05, 0) is 29.8 Å². The lowest BCUT2D eigenvalue weighted by atomic mass is 10.00. The van der Waals surface area contributed by atoms with E-state index >= 15 is 0 Å². The van der Waals surface area contributed by atoms with Crippen molar-refractivity contribution in [3.8, 4) is 5.75 Å². The number of rotatable bonds is 7. The molecule has 0 aromatic heterocycles. The summed E-state index contributed by atoms with van der Waals surface area (Å²) in [5.74, 6) is -1.26. The minimum atomic E-state index is -3.85. The molecule has 0 unspecified atom stereocenters. The van der Waals surface area contributed by atoms with Crippen LogP contribution in [0, 0.1) is 5.41 Å². The summed E-state index contributed by atoms with van der Waals surface area (Å²) in [5, 5.41) is 8.78. The molecule has 1 saturated carbocycles. The highest BCUT2D eigenvalue weighted by molar-refractivity contribution is 7.92. The molecule has 1 aliphatic carbocycles. The van der Waals surface area contributed by atoms with E-state index in [-0.39, 0.29) is 11.5 Å². The van der Waals surface area contributed by atoms with E-state index in [1.165, 1.54) is 26.4 Å². The van der Waals surface area contributed by atoms with Crippen molar-refractivity contribution in [3.63, 3.8) is 0 Å². The van der Waals surface area contributed by atoms with Crippen LogP contribution in [0.25, 0.3) is 0 Å². The molecule has 0 heterocycles. The summed E-state index contributed by atoms with van der Waals surface area (Å²) in [4.78, 5) is 12.2. The SMILES string of the molecule is COC[C@@]1(C(=O)O)[C@@H](c2ccc(OC)cc2)[C@@H]1S(=O)(=O)c1ccccc1. The molecule has 0 bridgehead atoms.